The second-order valence-electron chi connectivity index (χ2n) is 3.19. The van der Waals surface area contributed by atoms with E-state index in [9.17, 15) is 13.6 Å². The minimum Gasteiger partial charge on any atom is -0.466 e. The third kappa shape index (κ3) is 3.76. The van der Waals surface area contributed by atoms with Crippen LogP contribution in [0.1, 0.15) is 24.6 Å². The lowest BCUT2D eigenvalue weighted by Gasteiger charge is -2.09. The van der Waals surface area contributed by atoms with Crippen molar-refractivity contribution >= 4 is 34.4 Å². The van der Waals surface area contributed by atoms with Crippen LogP contribution in [-0.2, 0) is 16.0 Å². The zero-order chi connectivity index (χ0) is 13.0. The number of aromatic nitrogens is 1. The highest BCUT2D eigenvalue weighted by Gasteiger charge is 2.16. The molecule has 0 saturated heterocycles. The normalized spacial score (nSPS) is 10.6. The Morgan fingerprint density at radius 1 is 1.65 bits per heavy atom. The zero-order valence-electron chi connectivity index (χ0n) is 9.04. The van der Waals surface area contributed by atoms with E-state index in [0.29, 0.717) is 9.13 Å². The number of esters is 1. The van der Waals surface area contributed by atoms with Gasteiger partial charge in [-0.1, -0.05) is 0 Å². The molecule has 0 spiro atoms. The summed E-state index contributed by atoms with van der Waals surface area (Å²) < 4.78 is 30.3. The number of hydrogen-bond acceptors (Lipinski definition) is 4. The van der Waals surface area contributed by atoms with Crippen LogP contribution in [0.15, 0.2) is 6.07 Å². The van der Waals surface area contributed by atoms with Crippen molar-refractivity contribution in [3.8, 4) is 0 Å². The van der Waals surface area contributed by atoms with Gasteiger partial charge in [-0.2, -0.15) is 0 Å². The SMILES string of the molecule is CCOC(=O)Cc1cc(C(F)F)nc(N)c1I. The molecule has 0 radical (unpaired) electrons. The molecule has 1 aromatic rings. The summed E-state index contributed by atoms with van der Waals surface area (Å²) >= 11 is 1.87. The highest BCUT2D eigenvalue weighted by molar-refractivity contribution is 14.1. The first-order chi connectivity index (χ1) is 7.95. The van der Waals surface area contributed by atoms with E-state index < -0.39 is 18.1 Å². The summed E-state index contributed by atoms with van der Waals surface area (Å²) in [7, 11) is 0. The Balaban J connectivity index is 3.01. The summed E-state index contributed by atoms with van der Waals surface area (Å²) in [6.45, 7) is 1.92. The van der Waals surface area contributed by atoms with Crippen LogP contribution in [0.3, 0.4) is 0 Å². The maximum Gasteiger partial charge on any atom is 0.310 e. The summed E-state index contributed by atoms with van der Waals surface area (Å²) in [5.74, 6) is -0.473. The molecule has 0 fully saturated rings. The van der Waals surface area contributed by atoms with Gasteiger partial charge in [0, 0.05) is 0 Å². The van der Waals surface area contributed by atoms with Crippen molar-refractivity contribution in [3.05, 3.63) is 20.9 Å². The number of nitrogens with zero attached hydrogens (tertiary/aromatic N) is 1. The second kappa shape index (κ2) is 6.08. The Bertz CT molecular complexity index is 427. The van der Waals surface area contributed by atoms with Crippen molar-refractivity contribution in [2.45, 2.75) is 19.8 Å². The first kappa shape index (κ1) is 14.1. The van der Waals surface area contributed by atoms with Gasteiger partial charge < -0.3 is 10.5 Å². The van der Waals surface area contributed by atoms with Crippen LogP contribution in [0.2, 0.25) is 0 Å². The Morgan fingerprint density at radius 3 is 2.82 bits per heavy atom. The predicted octanol–water partition coefficient (Wildman–Crippen LogP) is 2.31. The monoisotopic (exact) mass is 356 g/mol. The Labute approximate surface area is 111 Å². The number of carbonyl (C=O) groups excluding carboxylic acids is 1. The van der Waals surface area contributed by atoms with E-state index in [4.69, 9.17) is 10.5 Å². The number of ether oxygens (including phenoxy) is 1. The molecule has 0 aromatic carbocycles. The molecule has 2 N–H and O–H groups in total. The van der Waals surface area contributed by atoms with Crippen LogP contribution in [-0.4, -0.2) is 17.6 Å². The van der Waals surface area contributed by atoms with E-state index >= 15 is 0 Å². The third-order valence-corrected chi connectivity index (χ3v) is 3.19. The van der Waals surface area contributed by atoms with Crippen molar-refractivity contribution in [2.75, 3.05) is 12.3 Å². The number of nitrogens with two attached hydrogens (primary N) is 1. The molecular formula is C10H11F2IN2O2. The number of nitrogen functional groups attached to an aromatic ring is 1. The third-order valence-electron chi connectivity index (χ3n) is 1.94. The van der Waals surface area contributed by atoms with E-state index in [0.717, 1.165) is 0 Å². The molecule has 1 rings (SSSR count). The minimum atomic E-state index is -2.71. The molecule has 0 aliphatic carbocycles. The van der Waals surface area contributed by atoms with Gasteiger partial charge in [-0.05, 0) is 41.1 Å². The lowest BCUT2D eigenvalue weighted by molar-refractivity contribution is -0.142. The smallest absolute Gasteiger partial charge is 0.310 e. The summed E-state index contributed by atoms with van der Waals surface area (Å²) in [4.78, 5) is 14.8. The van der Waals surface area contributed by atoms with Crippen LogP contribution in [0.4, 0.5) is 14.6 Å². The number of pyridine rings is 1. The van der Waals surface area contributed by atoms with Crippen LogP contribution in [0.5, 0.6) is 0 Å². The van der Waals surface area contributed by atoms with Gasteiger partial charge in [0.15, 0.2) is 0 Å². The van der Waals surface area contributed by atoms with Gasteiger partial charge in [0.1, 0.15) is 11.5 Å². The maximum absolute atomic E-state index is 12.5. The molecule has 4 nitrogen and oxygen atoms in total. The molecule has 1 aromatic heterocycles. The van der Waals surface area contributed by atoms with Gasteiger partial charge in [0.05, 0.1) is 16.6 Å². The van der Waals surface area contributed by atoms with Crippen LogP contribution >= 0.6 is 22.6 Å². The predicted molar refractivity (Wildman–Crippen MR) is 66.7 cm³/mol. The second-order valence-corrected chi connectivity index (χ2v) is 4.27. The molecule has 0 bridgehead atoms. The molecule has 0 saturated carbocycles. The number of rotatable bonds is 4. The number of anilines is 1. The van der Waals surface area contributed by atoms with E-state index in [1.54, 1.807) is 6.92 Å². The van der Waals surface area contributed by atoms with Crippen LogP contribution in [0, 0.1) is 3.57 Å². The van der Waals surface area contributed by atoms with Crippen molar-refractivity contribution in [1.82, 2.24) is 4.98 Å². The first-order valence-corrected chi connectivity index (χ1v) is 5.92. The van der Waals surface area contributed by atoms with Gasteiger partial charge in [0.25, 0.3) is 6.43 Å². The zero-order valence-corrected chi connectivity index (χ0v) is 11.2. The van der Waals surface area contributed by atoms with E-state index in [2.05, 4.69) is 4.98 Å². The van der Waals surface area contributed by atoms with Crippen molar-refractivity contribution < 1.29 is 18.3 Å². The fraction of sp³-hybridized carbons (Fsp3) is 0.400. The first-order valence-electron chi connectivity index (χ1n) is 4.84. The Kier molecular flexibility index (Phi) is 5.03. The summed E-state index contributed by atoms with van der Waals surface area (Å²) in [6.07, 6.45) is -2.80. The van der Waals surface area contributed by atoms with Crippen LogP contribution in [0.25, 0.3) is 0 Å². The fourth-order valence-corrected chi connectivity index (χ4v) is 1.70. The van der Waals surface area contributed by atoms with E-state index in [1.165, 1.54) is 6.07 Å². The molecule has 94 valence electrons. The molecule has 0 atom stereocenters. The number of hydrogen-bond donors (Lipinski definition) is 1. The Hall–Kier alpha value is -0.990. The number of carbonyl (C=O) groups is 1. The molecule has 0 aliphatic rings. The summed E-state index contributed by atoms with van der Waals surface area (Å²) in [6, 6.07) is 1.18. The van der Waals surface area contributed by atoms with Gasteiger partial charge >= 0.3 is 5.97 Å². The Morgan fingerprint density at radius 2 is 2.29 bits per heavy atom. The average molecular weight is 356 g/mol. The van der Waals surface area contributed by atoms with Gasteiger partial charge in [-0.15, -0.1) is 0 Å². The summed E-state index contributed by atoms with van der Waals surface area (Å²) in [5.41, 5.74) is 5.49. The largest absolute Gasteiger partial charge is 0.466 e. The maximum atomic E-state index is 12.5. The lowest BCUT2D eigenvalue weighted by atomic mass is 10.1. The average Bonchev–Trinajstić information content (AvgIpc) is 2.24. The van der Waals surface area contributed by atoms with Crippen molar-refractivity contribution in [1.29, 1.82) is 0 Å². The topological polar surface area (TPSA) is 65.2 Å². The molecule has 0 aliphatic heterocycles. The van der Waals surface area contributed by atoms with Gasteiger partial charge in [-0.3, -0.25) is 4.79 Å². The number of halogens is 3. The molecule has 7 heteroatoms. The lowest BCUT2D eigenvalue weighted by Crippen LogP contribution is -2.11. The standard InChI is InChI=1S/C10H11F2IN2O2/c1-2-17-7(16)4-5-3-6(9(11)12)15-10(14)8(5)13/h3,9H,2,4H2,1H3,(H2,14,15). The minimum absolute atomic E-state index is 0.00250. The molecular weight excluding hydrogens is 345 g/mol. The van der Waals surface area contributed by atoms with Crippen molar-refractivity contribution in [3.63, 3.8) is 0 Å². The quantitative estimate of drug-likeness (QED) is 0.664. The highest BCUT2D eigenvalue weighted by Crippen LogP contribution is 2.25. The highest BCUT2D eigenvalue weighted by atomic mass is 127. The number of alkyl halides is 2. The van der Waals surface area contributed by atoms with Gasteiger partial charge in [0.2, 0.25) is 0 Å². The molecule has 17 heavy (non-hydrogen) atoms. The fourth-order valence-electron chi connectivity index (χ4n) is 1.23. The van der Waals surface area contributed by atoms with Crippen LogP contribution < -0.4 is 5.73 Å². The van der Waals surface area contributed by atoms with Crippen molar-refractivity contribution in [2.24, 2.45) is 0 Å². The molecule has 0 unspecified atom stereocenters. The van der Waals surface area contributed by atoms with E-state index in [-0.39, 0.29) is 18.8 Å². The van der Waals surface area contributed by atoms with E-state index in [1.807, 2.05) is 22.6 Å². The van der Waals surface area contributed by atoms with Gasteiger partial charge in [-0.25, -0.2) is 13.8 Å². The molecule has 1 heterocycles. The summed E-state index contributed by atoms with van der Waals surface area (Å²) in [5, 5.41) is 0. The molecule has 0 amide bonds.